The minimum absolute atomic E-state index is 0.0994. The molecule has 98 valence electrons. The summed E-state index contributed by atoms with van der Waals surface area (Å²) < 4.78 is 5.42. The third-order valence-corrected chi connectivity index (χ3v) is 3.10. The van der Waals surface area contributed by atoms with Gasteiger partial charge in [-0.05, 0) is 30.3 Å². The minimum Gasteiger partial charge on any atom is -0.463 e. The number of hydrogen-bond acceptors (Lipinski definition) is 3. The largest absolute Gasteiger partial charge is 0.463 e. The van der Waals surface area contributed by atoms with Crippen LogP contribution >= 0.6 is 11.6 Å². The van der Waals surface area contributed by atoms with Crippen LogP contribution < -0.4 is 5.43 Å². The molecule has 2 aromatic carbocycles. The summed E-state index contributed by atoms with van der Waals surface area (Å²) in [5, 5.41) is 1.15. The molecule has 0 spiro atoms. The molecule has 0 fully saturated rings. The molecule has 3 aromatic rings. The van der Waals surface area contributed by atoms with E-state index >= 15 is 0 Å². The molecule has 0 saturated heterocycles. The standard InChI is InChI=1S/C16H10ClNO2/c17-12-4-3-5-13(8-12)18-9-11-10-20-15-7-2-1-6-14(15)16(11)19/h1-10H. The van der Waals surface area contributed by atoms with Crippen LogP contribution in [0.1, 0.15) is 5.56 Å². The van der Waals surface area contributed by atoms with Gasteiger partial charge >= 0.3 is 0 Å². The zero-order valence-electron chi connectivity index (χ0n) is 10.4. The number of benzene rings is 2. The van der Waals surface area contributed by atoms with Gasteiger partial charge in [-0.3, -0.25) is 9.79 Å². The number of nitrogens with zero attached hydrogens (tertiary/aromatic N) is 1. The van der Waals surface area contributed by atoms with Crippen LogP contribution in [0.3, 0.4) is 0 Å². The summed E-state index contributed by atoms with van der Waals surface area (Å²) >= 11 is 5.88. The van der Waals surface area contributed by atoms with Gasteiger partial charge in [-0.15, -0.1) is 0 Å². The van der Waals surface area contributed by atoms with Crippen molar-refractivity contribution < 1.29 is 4.42 Å². The molecule has 1 heterocycles. The van der Waals surface area contributed by atoms with E-state index in [4.69, 9.17) is 16.0 Å². The van der Waals surface area contributed by atoms with Gasteiger partial charge in [0, 0.05) is 11.2 Å². The second-order valence-electron chi connectivity index (χ2n) is 4.25. The fourth-order valence-corrected chi connectivity index (χ4v) is 2.07. The molecule has 0 aliphatic rings. The fraction of sp³-hybridized carbons (Fsp3) is 0. The first-order valence-electron chi connectivity index (χ1n) is 6.04. The van der Waals surface area contributed by atoms with E-state index in [-0.39, 0.29) is 5.43 Å². The highest BCUT2D eigenvalue weighted by Crippen LogP contribution is 2.17. The Balaban J connectivity index is 2.03. The van der Waals surface area contributed by atoms with Crippen molar-refractivity contribution in [2.45, 2.75) is 0 Å². The summed E-state index contributed by atoms with van der Waals surface area (Å²) in [5.41, 5.74) is 1.56. The van der Waals surface area contributed by atoms with Crippen molar-refractivity contribution in [1.29, 1.82) is 0 Å². The molecule has 3 nitrogen and oxygen atoms in total. The van der Waals surface area contributed by atoms with Gasteiger partial charge in [0.25, 0.3) is 0 Å². The van der Waals surface area contributed by atoms with E-state index in [0.29, 0.717) is 27.2 Å². The maximum atomic E-state index is 12.2. The van der Waals surface area contributed by atoms with E-state index in [1.807, 2.05) is 12.1 Å². The summed E-state index contributed by atoms with van der Waals surface area (Å²) in [7, 11) is 0. The molecular weight excluding hydrogens is 274 g/mol. The SMILES string of the molecule is O=c1c(C=Nc2cccc(Cl)c2)coc2ccccc12. The van der Waals surface area contributed by atoms with Crippen LogP contribution in [0.5, 0.6) is 0 Å². The quantitative estimate of drug-likeness (QED) is 0.662. The maximum absolute atomic E-state index is 12.2. The van der Waals surface area contributed by atoms with Crippen molar-refractivity contribution in [3.63, 3.8) is 0 Å². The molecule has 0 radical (unpaired) electrons. The van der Waals surface area contributed by atoms with E-state index in [1.54, 1.807) is 36.4 Å². The normalized spacial score (nSPS) is 11.2. The Kier molecular flexibility index (Phi) is 3.35. The van der Waals surface area contributed by atoms with Crippen molar-refractivity contribution in [3.8, 4) is 0 Å². The molecule has 0 atom stereocenters. The lowest BCUT2D eigenvalue weighted by Gasteiger charge is -1.98. The highest BCUT2D eigenvalue weighted by molar-refractivity contribution is 6.30. The van der Waals surface area contributed by atoms with Gasteiger partial charge in [0.15, 0.2) is 0 Å². The topological polar surface area (TPSA) is 42.6 Å². The van der Waals surface area contributed by atoms with E-state index in [2.05, 4.69) is 4.99 Å². The van der Waals surface area contributed by atoms with Crippen molar-refractivity contribution in [2.75, 3.05) is 0 Å². The molecule has 0 aliphatic heterocycles. The Morgan fingerprint density at radius 3 is 2.80 bits per heavy atom. The van der Waals surface area contributed by atoms with Crippen molar-refractivity contribution in [3.05, 3.63) is 75.6 Å². The predicted molar refractivity (Wildman–Crippen MR) is 81.2 cm³/mol. The van der Waals surface area contributed by atoms with Gasteiger partial charge in [-0.1, -0.05) is 29.8 Å². The molecule has 0 bridgehead atoms. The molecule has 0 saturated carbocycles. The van der Waals surface area contributed by atoms with Gasteiger partial charge < -0.3 is 4.42 Å². The van der Waals surface area contributed by atoms with E-state index in [1.165, 1.54) is 12.5 Å². The Morgan fingerprint density at radius 1 is 1.10 bits per heavy atom. The number of para-hydroxylation sites is 1. The highest BCUT2D eigenvalue weighted by Gasteiger charge is 2.04. The fourth-order valence-electron chi connectivity index (χ4n) is 1.88. The van der Waals surface area contributed by atoms with Gasteiger partial charge in [0.05, 0.1) is 16.6 Å². The van der Waals surface area contributed by atoms with Crippen LogP contribution in [0.2, 0.25) is 5.02 Å². The first-order chi connectivity index (χ1) is 9.74. The Morgan fingerprint density at radius 2 is 1.95 bits per heavy atom. The monoisotopic (exact) mass is 283 g/mol. The van der Waals surface area contributed by atoms with Crippen molar-refractivity contribution in [1.82, 2.24) is 0 Å². The molecule has 0 aliphatic carbocycles. The summed E-state index contributed by atoms with van der Waals surface area (Å²) in [5.74, 6) is 0. The van der Waals surface area contributed by atoms with Crippen molar-refractivity contribution in [2.24, 2.45) is 4.99 Å². The summed E-state index contributed by atoms with van der Waals surface area (Å²) in [6, 6.07) is 14.2. The molecule has 3 rings (SSSR count). The number of halogens is 1. The van der Waals surface area contributed by atoms with Crippen LogP contribution in [-0.4, -0.2) is 6.21 Å². The number of fused-ring (bicyclic) bond motifs is 1. The lowest BCUT2D eigenvalue weighted by atomic mass is 10.2. The highest BCUT2D eigenvalue weighted by atomic mass is 35.5. The first kappa shape index (κ1) is 12.6. The van der Waals surface area contributed by atoms with Gasteiger partial charge in [0.1, 0.15) is 11.8 Å². The molecule has 0 amide bonds. The molecule has 4 heteroatoms. The smallest absolute Gasteiger partial charge is 0.201 e. The summed E-state index contributed by atoms with van der Waals surface area (Å²) in [6.07, 6.45) is 2.91. The average Bonchev–Trinajstić information content (AvgIpc) is 2.47. The Labute approximate surface area is 120 Å². The number of aliphatic imine (C=N–C) groups is 1. The van der Waals surface area contributed by atoms with Gasteiger partial charge in [0.2, 0.25) is 5.43 Å². The predicted octanol–water partition coefficient (Wildman–Crippen LogP) is 4.20. The number of hydrogen-bond donors (Lipinski definition) is 0. The van der Waals surface area contributed by atoms with Crippen LogP contribution in [0.4, 0.5) is 5.69 Å². The minimum atomic E-state index is -0.0994. The number of rotatable bonds is 2. The molecule has 0 unspecified atom stereocenters. The van der Waals surface area contributed by atoms with E-state index in [9.17, 15) is 4.79 Å². The van der Waals surface area contributed by atoms with Crippen LogP contribution in [0.25, 0.3) is 11.0 Å². The second kappa shape index (κ2) is 5.31. The van der Waals surface area contributed by atoms with E-state index < -0.39 is 0 Å². The van der Waals surface area contributed by atoms with Crippen LogP contribution in [-0.2, 0) is 0 Å². The molecule has 0 N–H and O–H groups in total. The van der Waals surface area contributed by atoms with Gasteiger partial charge in [-0.2, -0.15) is 0 Å². The third kappa shape index (κ3) is 2.49. The third-order valence-electron chi connectivity index (χ3n) is 2.87. The molecule has 20 heavy (non-hydrogen) atoms. The van der Waals surface area contributed by atoms with Crippen LogP contribution in [0, 0.1) is 0 Å². The van der Waals surface area contributed by atoms with Crippen molar-refractivity contribution >= 4 is 34.5 Å². The Hall–Kier alpha value is -2.39. The zero-order chi connectivity index (χ0) is 13.9. The van der Waals surface area contributed by atoms with Gasteiger partial charge in [-0.25, -0.2) is 0 Å². The zero-order valence-corrected chi connectivity index (χ0v) is 11.2. The average molecular weight is 284 g/mol. The van der Waals surface area contributed by atoms with Crippen LogP contribution in [0.15, 0.2) is 69.0 Å². The first-order valence-corrected chi connectivity index (χ1v) is 6.42. The molecular formula is C16H10ClNO2. The molecule has 1 aromatic heterocycles. The summed E-state index contributed by atoms with van der Waals surface area (Å²) in [6.45, 7) is 0. The summed E-state index contributed by atoms with van der Waals surface area (Å²) in [4.78, 5) is 16.5. The maximum Gasteiger partial charge on any atom is 0.201 e. The lowest BCUT2D eigenvalue weighted by molar-refractivity contribution is 0.601. The second-order valence-corrected chi connectivity index (χ2v) is 4.69. The lowest BCUT2D eigenvalue weighted by Crippen LogP contribution is -2.07. The van der Waals surface area contributed by atoms with E-state index in [0.717, 1.165) is 0 Å². The Bertz CT molecular complexity index is 852.